The molecule has 6 aromatic carbocycles. The molecule has 0 aromatic heterocycles. The molecule has 0 spiro atoms. The first-order valence-corrected chi connectivity index (χ1v) is 21.9. The van der Waals surface area contributed by atoms with E-state index in [1.165, 1.54) is 61.3 Å². The summed E-state index contributed by atoms with van der Waals surface area (Å²) in [6.07, 6.45) is 3.42. The first-order chi connectivity index (χ1) is 29.5. The van der Waals surface area contributed by atoms with Crippen LogP contribution < -0.4 is 0 Å². The topological polar surface area (TPSA) is 0 Å². The van der Waals surface area contributed by atoms with Crippen molar-refractivity contribution in [2.24, 2.45) is 5.41 Å². The molecule has 0 nitrogen and oxygen atoms in total. The van der Waals surface area contributed by atoms with E-state index in [4.69, 9.17) is 23.2 Å². The number of rotatable bonds is 5. The van der Waals surface area contributed by atoms with Crippen molar-refractivity contribution in [2.75, 3.05) is 0 Å². The Bertz CT molecular complexity index is 3130. The van der Waals surface area contributed by atoms with Crippen molar-refractivity contribution in [2.45, 2.75) is 44.4 Å². The highest BCUT2D eigenvalue weighted by atomic mass is 35.5. The fourth-order valence-corrected chi connectivity index (χ4v) is 12.1. The molecule has 60 heavy (non-hydrogen) atoms. The molecule has 5 aliphatic carbocycles. The second kappa shape index (κ2) is 14.2. The average Bonchev–Trinajstić information content (AvgIpc) is 3.91. The maximum atomic E-state index is 9.00. The number of allylic oxidation sites excluding steroid dienone is 9. The van der Waals surface area contributed by atoms with Gasteiger partial charge in [0.15, 0.2) is 0 Å². The highest BCUT2D eigenvalue weighted by molar-refractivity contribution is 6.55. The first-order valence-electron chi connectivity index (χ1n) is 21.1. The molecule has 0 heterocycles. The summed E-state index contributed by atoms with van der Waals surface area (Å²) in [4.78, 5) is -0.886. The summed E-state index contributed by atoms with van der Waals surface area (Å²) in [5.41, 5.74) is 21.1. The van der Waals surface area contributed by atoms with Crippen LogP contribution in [0.15, 0.2) is 174 Å². The second-order valence-corrected chi connectivity index (χ2v) is 17.3. The molecule has 0 saturated heterocycles. The van der Waals surface area contributed by atoms with Crippen molar-refractivity contribution < 1.29 is 0 Å². The summed E-state index contributed by atoms with van der Waals surface area (Å²) in [6, 6.07) is 55.9. The zero-order chi connectivity index (χ0) is 40.6. The van der Waals surface area contributed by atoms with Gasteiger partial charge in [-0.1, -0.05) is 195 Å². The Labute approximate surface area is 363 Å². The zero-order valence-corrected chi connectivity index (χ0v) is 35.1. The van der Waals surface area contributed by atoms with Crippen molar-refractivity contribution in [1.29, 1.82) is 0 Å². The van der Waals surface area contributed by atoms with Crippen LogP contribution >= 0.6 is 23.2 Å². The molecule has 0 aliphatic heterocycles. The van der Waals surface area contributed by atoms with E-state index in [1.807, 2.05) is 36.4 Å². The Morgan fingerprint density at radius 2 is 0.883 bits per heavy atom. The van der Waals surface area contributed by atoms with Crippen molar-refractivity contribution in [1.82, 2.24) is 0 Å². The molecular weight excluding hydrogens is 768 g/mol. The molecule has 286 valence electrons. The number of halogens is 2. The van der Waals surface area contributed by atoms with Crippen LogP contribution in [0, 0.1) is 29.1 Å². The molecule has 0 fully saturated rings. The fraction of sp³-hybridized carbons (Fsp3) is 0.138. The molecular formula is C58H40Cl2. The molecule has 0 saturated carbocycles. The Hall–Kier alpha value is -6.28. The SMILES string of the molecule is CCCC1(Cl)C2=C(C#Cc3ccccc3C#Cc3ccccc3)c3ccccc3C2=C2C3=C(C4=C(Cl)c5ccccc5C4=C(c4ccccc4)C31CCC)c1ccccc12. The van der Waals surface area contributed by atoms with Crippen LogP contribution in [-0.4, -0.2) is 4.87 Å². The lowest BCUT2D eigenvalue weighted by molar-refractivity contribution is 0.328. The van der Waals surface area contributed by atoms with E-state index in [0.717, 1.165) is 75.3 Å². The van der Waals surface area contributed by atoms with Gasteiger partial charge in [0.2, 0.25) is 0 Å². The zero-order valence-electron chi connectivity index (χ0n) is 33.6. The normalized spacial score (nSPS) is 20.1. The summed E-state index contributed by atoms with van der Waals surface area (Å²) >= 11 is 16.7. The Morgan fingerprint density at radius 1 is 0.417 bits per heavy atom. The van der Waals surface area contributed by atoms with E-state index in [9.17, 15) is 0 Å². The van der Waals surface area contributed by atoms with Gasteiger partial charge in [-0.2, -0.15) is 0 Å². The van der Waals surface area contributed by atoms with Crippen LogP contribution in [0.3, 0.4) is 0 Å². The summed E-state index contributed by atoms with van der Waals surface area (Å²) in [5.74, 6) is 14.3. The third-order valence-electron chi connectivity index (χ3n) is 13.2. The fourth-order valence-electron chi connectivity index (χ4n) is 11.1. The lowest BCUT2D eigenvalue weighted by atomic mass is 9.49. The molecule has 0 radical (unpaired) electrons. The van der Waals surface area contributed by atoms with Crippen molar-refractivity contribution >= 4 is 61.7 Å². The van der Waals surface area contributed by atoms with Crippen LogP contribution in [0.5, 0.6) is 0 Å². The number of fused-ring (bicyclic) bond motifs is 10. The van der Waals surface area contributed by atoms with Crippen molar-refractivity contribution in [3.05, 3.63) is 230 Å². The Balaban J connectivity index is 1.30. The molecule has 0 N–H and O–H groups in total. The number of hydrogen-bond acceptors (Lipinski definition) is 0. The molecule has 2 heteroatoms. The van der Waals surface area contributed by atoms with Gasteiger partial charge in [0.25, 0.3) is 0 Å². The van der Waals surface area contributed by atoms with Gasteiger partial charge >= 0.3 is 0 Å². The van der Waals surface area contributed by atoms with Crippen LogP contribution in [-0.2, 0) is 0 Å². The van der Waals surface area contributed by atoms with Gasteiger partial charge in [-0.05, 0) is 109 Å². The largest absolute Gasteiger partial charge is 0.113 e. The minimum atomic E-state index is -0.886. The van der Waals surface area contributed by atoms with Crippen molar-refractivity contribution in [3.8, 4) is 23.7 Å². The smallest absolute Gasteiger partial charge is 0.0850 e. The van der Waals surface area contributed by atoms with Gasteiger partial charge in [0, 0.05) is 38.8 Å². The summed E-state index contributed by atoms with van der Waals surface area (Å²) in [6.45, 7) is 4.60. The molecule has 11 rings (SSSR count). The second-order valence-electron chi connectivity index (χ2n) is 16.3. The summed E-state index contributed by atoms with van der Waals surface area (Å²) in [5, 5.41) is 0.812. The molecule has 2 atom stereocenters. The third kappa shape index (κ3) is 5.02. The standard InChI is InChI=1S/C58H40Cl2/c1-3-35-57-53(40-23-9-6-10-24-40)50-45-29-17-18-30-47(45)56(59)52(50)51-44-28-16-15-27-43(44)49(55(51)57)48-42-26-14-13-25-41(42)46(54(48)58(57,60)36-4-2)34-33-39-22-12-11-21-38(39)32-31-37-19-7-5-8-20-37/h5-30H,3-4,35-36H2,1-2H3. The van der Waals surface area contributed by atoms with Crippen LogP contribution in [0.2, 0.25) is 0 Å². The molecule has 6 aromatic rings. The highest BCUT2D eigenvalue weighted by Crippen LogP contribution is 2.78. The minimum absolute atomic E-state index is 0.648. The molecule has 0 amide bonds. The van der Waals surface area contributed by atoms with Crippen molar-refractivity contribution in [3.63, 3.8) is 0 Å². The van der Waals surface area contributed by atoms with Gasteiger partial charge in [-0.25, -0.2) is 0 Å². The van der Waals surface area contributed by atoms with Gasteiger partial charge in [0.05, 0.1) is 9.91 Å². The van der Waals surface area contributed by atoms with E-state index in [2.05, 4.69) is 159 Å². The maximum Gasteiger partial charge on any atom is 0.0850 e. The van der Waals surface area contributed by atoms with Crippen LogP contribution in [0.1, 0.15) is 95.2 Å². The van der Waals surface area contributed by atoms with Gasteiger partial charge in [-0.3, -0.25) is 0 Å². The maximum absolute atomic E-state index is 9.00. The van der Waals surface area contributed by atoms with Gasteiger partial charge in [0.1, 0.15) is 0 Å². The number of hydrogen-bond donors (Lipinski definition) is 0. The lowest BCUT2D eigenvalue weighted by Crippen LogP contribution is -2.51. The van der Waals surface area contributed by atoms with E-state index in [-0.39, 0.29) is 0 Å². The molecule has 5 aliphatic rings. The van der Waals surface area contributed by atoms with E-state index < -0.39 is 10.3 Å². The third-order valence-corrected chi connectivity index (χ3v) is 14.2. The van der Waals surface area contributed by atoms with E-state index >= 15 is 0 Å². The first kappa shape index (κ1) is 36.8. The monoisotopic (exact) mass is 806 g/mol. The van der Waals surface area contributed by atoms with E-state index in [1.54, 1.807) is 0 Å². The summed E-state index contributed by atoms with van der Waals surface area (Å²) < 4.78 is 0. The quantitative estimate of drug-likeness (QED) is 0.120. The van der Waals surface area contributed by atoms with Gasteiger partial charge < -0.3 is 0 Å². The predicted octanol–water partition coefficient (Wildman–Crippen LogP) is 14.7. The Kier molecular flexibility index (Phi) is 8.69. The number of alkyl halides is 1. The highest BCUT2D eigenvalue weighted by Gasteiger charge is 2.66. The molecule has 2 unspecified atom stereocenters. The van der Waals surface area contributed by atoms with E-state index in [0.29, 0.717) is 0 Å². The Morgan fingerprint density at radius 3 is 1.52 bits per heavy atom. The molecule has 0 bridgehead atoms. The van der Waals surface area contributed by atoms with Gasteiger partial charge in [-0.15, -0.1) is 11.6 Å². The lowest BCUT2D eigenvalue weighted by Gasteiger charge is -2.57. The van der Waals surface area contributed by atoms with Crippen LogP contribution in [0.25, 0.3) is 38.5 Å². The average molecular weight is 808 g/mol. The minimum Gasteiger partial charge on any atom is -0.113 e. The predicted molar refractivity (Wildman–Crippen MR) is 253 cm³/mol. The summed E-state index contributed by atoms with van der Waals surface area (Å²) in [7, 11) is 0. The number of benzene rings is 6. The van der Waals surface area contributed by atoms with Crippen LogP contribution in [0.4, 0.5) is 0 Å².